The topological polar surface area (TPSA) is 26.0 Å². The molecule has 0 heterocycles. The molecule has 0 aliphatic heterocycles. The SMILES string of the molecule is CC1(C)CCC(C)(C)CC(N)C1. The first kappa shape index (κ1) is 10.0. The summed E-state index contributed by atoms with van der Waals surface area (Å²) >= 11 is 0. The minimum atomic E-state index is 0.414. The zero-order valence-electron chi connectivity index (χ0n) is 8.98. The van der Waals surface area contributed by atoms with Crippen LogP contribution in [-0.4, -0.2) is 6.04 Å². The van der Waals surface area contributed by atoms with Gasteiger partial charge in [0.15, 0.2) is 0 Å². The molecule has 0 atom stereocenters. The Labute approximate surface area is 76.7 Å². The van der Waals surface area contributed by atoms with Gasteiger partial charge in [-0.2, -0.15) is 0 Å². The van der Waals surface area contributed by atoms with E-state index in [9.17, 15) is 0 Å². The Balaban J connectivity index is 2.66. The zero-order valence-corrected chi connectivity index (χ0v) is 8.98. The molecule has 12 heavy (non-hydrogen) atoms. The Morgan fingerprint density at radius 2 is 1.25 bits per heavy atom. The number of hydrogen-bond acceptors (Lipinski definition) is 1. The van der Waals surface area contributed by atoms with E-state index in [0.29, 0.717) is 16.9 Å². The Bertz CT molecular complexity index is 140. The average molecular weight is 169 g/mol. The Morgan fingerprint density at radius 1 is 0.917 bits per heavy atom. The van der Waals surface area contributed by atoms with E-state index in [4.69, 9.17) is 5.73 Å². The molecule has 0 aromatic heterocycles. The molecular formula is C11H23N. The summed E-state index contributed by atoms with van der Waals surface area (Å²) in [5, 5.41) is 0. The van der Waals surface area contributed by atoms with Crippen LogP contribution in [0.15, 0.2) is 0 Å². The van der Waals surface area contributed by atoms with Gasteiger partial charge in [-0.15, -0.1) is 0 Å². The van der Waals surface area contributed by atoms with Crippen molar-refractivity contribution in [1.82, 2.24) is 0 Å². The minimum Gasteiger partial charge on any atom is -0.328 e. The lowest BCUT2D eigenvalue weighted by atomic mass is 9.81. The van der Waals surface area contributed by atoms with Gasteiger partial charge in [-0.25, -0.2) is 0 Å². The van der Waals surface area contributed by atoms with Crippen molar-refractivity contribution in [1.29, 1.82) is 0 Å². The predicted octanol–water partition coefficient (Wildman–Crippen LogP) is 2.94. The molecule has 1 aliphatic carbocycles. The lowest BCUT2D eigenvalue weighted by Crippen LogP contribution is -2.28. The predicted molar refractivity (Wildman–Crippen MR) is 54.0 cm³/mol. The maximum Gasteiger partial charge on any atom is 0.00489 e. The second-order valence-electron chi connectivity index (χ2n) is 6.00. The molecule has 0 aromatic carbocycles. The van der Waals surface area contributed by atoms with E-state index in [1.807, 2.05) is 0 Å². The quantitative estimate of drug-likeness (QED) is 0.554. The van der Waals surface area contributed by atoms with Crippen molar-refractivity contribution in [3.05, 3.63) is 0 Å². The van der Waals surface area contributed by atoms with Gasteiger partial charge in [0, 0.05) is 6.04 Å². The number of nitrogens with two attached hydrogens (primary N) is 1. The fourth-order valence-electron chi connectivity index (χ4n) is 2.37. The van der Waals surface area contributed by atoms with Gasteiger partial charge in [0.25, 0.3) is 0 Å². The second-order valence-corrected chi connectivity index (χ2v) is 6.00. The summed E-state index contributed by atoms with van der Waals surface area (Å²) in [5.74, 6) is 0. The highest BCUT2D eigenvalue weighted by atomic mass is 14.7. The summed E-state index contributed by atoms with van der Waals surface area (Å²) in [4.78, 5) is 0. The molecule has 1 aliphatic rings. The van der Waals surface area contributed by atoms with Gasteiger partial charge in [-0.05, 0) is 36.5 Å². The van der Waals surface area contributed by atoms with Gasteiger partial charge in [0.05, 0.1) is 0 Å². The fraction of sp³-hybridized carbons (Fsp3) is 1.00. The Morgan fingerprint density at radius 3 is 1.58 bits per heavy atom. The highest BCUT2D eigenvalue weighted by Gasteiger charge is 2.32. The maximum atomic E-state index is 6.09. The fourth-order valence-corrected chi connectivity index (χ4v) is 2.37. The van der Waals surface area contributed by atoms with Crippen LogP contribution in [0.3, 0.4) is 0 Å². The molecule has 0 saturated heterocycles. The minimum absolute atomic E-state index is 0.414. The van der Waals surface area contributed by atoms with Crippen LogP contribution < -0.4 is 5.73 Å². The smallest absolute Gasteiger partial charge is 0.00489 e. The molecular weight excluding hydrogens is 146 g/mol. The molecule has 0 spiro atoms. The molecule has 72 valence electrons. The van der Waals surface area contributed by atoms with E-state index in [0.717, 1.165) is 0 Å². The van der Waals surface area contributed by atoms with Crippen LogP contribution >= 0.6 is 0 Å². The maximum absolute atomic E-state index is 6.09. The molecule has 0 unspecified atom stereocenters. The molecule has 0 aromatic rings. The molecule has 2 N–H and O–H groups in total. The molecule has 1 saturated carbocycles. The van der Waals surface area contributed by atoms with Gasteiger partial charge in [0.1, 0.15) is 0 Å². The first-order valence-electron chi connectivity index (χ1n) is 5.06. The number of rotatable bonds is 0. The van der Waals surface area contributed by atoms with Crippen LogP contribution in [-0.2, 0) is 0 Å². The van der Waals surface area contributed by atoms with Crippen LogP contribution in [0.1, 0.15) is 53.4 Å². The molecule has 0 bridgehead atoms. The molecule has 1 nitrogen and oxygen atoms in total. The van der Waals surface area contributed by atoms with E-state index < -0.39 is 0 Å². The lowest BCUT2D eigenvalue weighted by Gasteiger charge is -2.24. The second kappa shape index (κ2) is 3.02. The van der Waals surface area contributed by atoms with Crippen LogP contribution in [0.5, 0.6) is 0 Å². The van der Waals surface area contributed by atoms with E-state index >= 15 is 0 Å². The molecule has 0 radical (unpaired) electrons. The van der Waals surface area contributed by atoms with Gasteiger partial charge in [-0.1, -0.05) is 27.7 Å². The Hall–Kier alpha value is -0.0400. The summed E-state index contributed by atoms with van der Waals surface area (Å²) in [6, 6.07) is 0.414. The third kappa shape index (κ3) is 2.78. The van der Waals surface area contributed by atoms with Crippen molar-refractivity contribution >= 4 is 0 Å². The molecule has 1 fully saturated rings. The van der Waals surface area contributed by atoms with Crippen molar-refractivity contribution < 1.29 is 0 Å². The standard InChI is InChI=1S/C11H23N/c1-10(2)5-6-11(3,4)8-9(12)7-10/h9H,5-8,12H2,1-4H3. The van der Waals surface area contributed by atoms with Crippen molar-refractivity contribution in [3.8, 4) is 0 Å². The summed E-state index contributed by atoms with van der Waals surface area (Å²) in [6.07, 6.45) is 5.04. The lowest BCUT2D eigenvalue weighted by molar-refractivity contribution is 0.275. The van der Waals surface area contributed by atoms with Crippen molar-refractivity contribution in [2.75, 3.05) is 0 Å². The van der Waals surface area contributed by atoms with Crippen LogP contribution in [0.4, 0.5) is 0 Å². The summed E-state index contributed by atoms with van der Waals surface area (Å²) in [5.41, 5.74) is 7.02. The van der Waals surface area contributed by atoms with E-state index in [2.05, 4.69) is 27.7 Å². The van der Waals surface area contributed by atoms with Crippen LogP contribution in [0.2, 0.25) is 0 Å². The van der Waals surface area contributed by atoms with Crippen LogP contribution in [0, 0.1) is 10.8 Å². The summed E-state index contributed by atoms with van der Waals surface area (Å²) < 4.78 is 0. The zero-order chi connectivity index (χ0) is 9.41. The van der Waals surface area contributed by atoms with E-state index in [1.54, 1.807) is 0 Å². The number of hydrogen-bond donors (Lipinski definition) is 1. The van der Waals surface area contributed by atoms with Crippen molar-refractivity contribution in [2.24, 2.45) is 16.6 Å². The highest BCUT2D eigenvalue weighted by molar-refractivity contribution is 4.86. The molecule has 1 heteroatoms. The van der Waals surface area contributed by atoms with Gasteiger partial charge >= 0.3 is 0 Å². The van der Waals surface area contributed by atoms with Gasteiger partial charge in [0.2, 0.25) is 0 Å². The normalized spacial score (nSPS) is 29.8. The molecule has 1 rings (SSSR count). The Kier molecular flexibility index (Phi) is 2.53. The van der Waals surface area contributed by atoms with Crippen molar-refractivity contribution in [2.45, 2.75) is 59.4 Å². The van der Waals surface area contributed by atoms with Gasteiger partial charge in [-0.3, -0.25) is 0 Å². The monoisotopic (exact) mass is 169 g/mol. The summed E-state index contributed by atoms with van der Waals surface area (Å²) in [6.45, 7) is 9.37. The first-order chi connectivity index (χ1) is 5.31. The van der Waals surface area contributed by atoms with Crippen LogP contribution in [0.25, 0.3) is 0 Å². The van der Waals surface area contributed by atoms with E-state index in [-0.39, 0.29) is 0 Å². The third-order valence-electron chi connectivity index (χ3n) is 3.11. The average Bonchev–Trinajstić information content (AvgIpc) is 1.87. The van der Waals surface area contributed by atoms with E-state index in [1.165, 1.54) is 25.7 Å². The highest BCUT2D eigenvalue weighted by Crippen LogP contribution is 2.41. The molecule has 0 amide bonds. The van der Waals surface area contributed by atoms with Gasteiger partial charge < -0.3 is 5.73 Å². The largest absolute Gasteiger partial charge is 0.328 e. The third-order valence-corrected chi connectivity index (χ3v) is 3.11. The first-order valence-corrected chi connectivity index (χ1v) is 5.06. The summed E-state index contributed by atoms with van der Waals surface area (Å²) in [7, 11) is 0. The van der Waals surface area contributed by atoms with Crippen molar-refractivity contribution in [3.63, 3.8) is 0 Å².